The van der Waals surface area contributed by atoms with Gasteiger partial charge in [-0.15, -0.1) is 0 Å². The van der Waals surface area contributed by atoms with Crippen LogP contribution in [-0.2, 0) is 4.74 Å². The number of rotatable bonds is 4. The van der Waals surface area contributed by atoms with Crippen LogP contribution in [0.4, 0.5) is 4.79 Å². The number of thiocarbonyl (C=S) groups is 2. The van der Waals surface area contributed by atoms with Crippen molar-refractivity contribution in [2.75, 3.05) is 26.2 Å². The fraction of sp³-hybridized carbons (Fsp3) is 0.583. The van der Waals surface area contributed by atoms with Gasteiger partial charge in [0.2, 0.25) is 0 Å². The highest BCUT2D eigenvalue weighted by atomic mass is 32.1. The molecule has 1 heterocycles. The lowest BCUT2D eigenvalue weighted by Crippen LogP contribution is -2.46. The van der Waals surface area contributed by atoms with Gasteiger partial charge in [-0.2, -0.15) is 0 Å². The Morgan fingerprint density at radius 3 is 2.50 bits per heavy atom. The van der Waals surface area contributed by atoms with Gasteiger partial charge in [0.15, 0.2) is 10.2 Å². The van der Waals surface area contributed by atoms with Crippen LogP contribution >= 0.6 is 24.4 Å². The molecule has 1 aliphatic heterocycles. The Kier molecular flexibility index (Phi) is 7.89. The zero-order chi connectivity index (χ0) is 14.8. The average molecular weight is 316 g/mol. The first-order chi connectivity index (χ1) is 9.63. The summed E-state index contributed by atoms with van der Waals surface area (Å²) in [5.74, 6) is 0. The highest BCUT2D eigenvalue weighted by molar-refractivity contribution is 7.80. The maximum Gasteiger partial charge on any atom is 0.418 e. The normalized spacial score (nSPS) is 14.1. The molecule has 1 rings (SSSR count). The predicted molar refractivity (Wildman–Crippen MR) is 86.4 cm³/mol. The third-order valence-corrected chi connectivity index (χ3v) is 3.38. The van der Waals surface area contributed by atoms with Crippen LogP contribution in [-0.4, -0.2) is 47.4 Å². The first kappa shape index (κ1) is 16.6. The summed E-state index contributed by atoms with van der Waals surface area (Å²) in [4.78, 5) is 13.2. The second-order valence-electron chi connectivity index (χ2n) is 4.23. The zero-order valence-corrected chi connectivity index (χ0v) is 12.9. The maximum absolute atomic E-state index is 11.0. The first-order valence-electron chi connectivity index (χ1n) is 6.52. The van der Waals surface area contributed by atoms with Gasteiger partial charge in [-0.3, -0.25) is 5.32 Å². The zero-order valence-electron chi connectivity index (χ0n) is 11.3. The maximum atomic E-state index is 11.0. The van der Waals surface area contributed by atoms with Gasteiger partial charge < -0.3 is 20.3 Å². The number of amides is 1. The summed E-state index contributed by atoms with van der Waals surface area (Å²) in [5.41, 5.74) is 0. The molecule has 0 unspecified atom stereocenters. The summed E-state index contributed by atoms with van der Waals surface area (Å²) < 4.78 is 4.48. The molecule has 0 radical (unpaired) electrons. The fourth-order valence-corrected chi connectivity index (χ4v) is 2.27. The Bertz CT molecular complexity index is 370. The number of ether oxygens (including phenoxy) is 1. The molecule has 0 aromatic carbocycles. The van der Waals surface area contributed by atoms with Crippen molar-refractivity contribution in [2.45, 2.75) is 19.3 Å². The van der Waals surface area contributed by atoms with Crippen LogP contribution in [0.15, 0.2) is 12.8 Å². The molecule has 0 bridgehead atoms. The van der Waals surface area contributed by atoms with E-state index in [2.05, 4.69) is 32.2 Å². The summed E-state index contributed by atoms with van der Waals surface area (Å²) in [6.45, 7) is 6.50. The van der Waals surface area contributed by atoms with Crippen LogP contribution in [0.1, 0.15) is 19.3 Å². The van der Waals surface area contributed by atoms with Crippen LogP contribution in [0.25, 0.3) is 0 Å². The van der Waals surface area contributed by atoms with E-state index in [9.17, 15) is 4.79 Å². The molecule has 0 atom stereocenters. The van der Waals surface area contributed by atoms with Crippen molar-refractivity contribution in [1.29, 1.82) is 0 Å². The number of carbonyl (C=O) groups is 1. The van der Waals surface area contributed by atoms with Crippen molar-refractivity contribution >= 4 is 40.8 Å². The lowest BCUT2D eigenvalue weighted by atomic mass is 10.1. The Labute approximate surface area is 129 Å². The van der Waals surface area contributed by atoms with E-state index in [1.807, 2.05) is 0 Å². The van der Waals surface area contributed by atoms with Crippen LogP contribution in [0, 0.1) is 0 Å². The lowest BCUT2D eigenvalue weighted by molar-refractivity contribution is 0.191. The minimum atomic E-state index is -0.658. The van der Waals surface area contributed by atoms with Gasteiger partial charge in [-0.1, -0.05) is 6.58 Å². The summed E-state index contributed by atoms with van der Waals surface area (Å²) in [6.07, 6.45) is 4.05. The summed E-state index contributed by atoms with van der Waals surface area (Å²) in [7, 11) is 0. The van der Waals surface area contributed by atoms with E-state index in [0.717, 1.165) is 24.5 Å². The highest BCUT2D eigenvalue weighted by Crippen LogP contribution is 2.08. The third kappa shape index (κ3) is 6.67. The Balaban J connectivity index is 2.08. The molecule has 1 fully saturated rings. The van der Waals surface area contributed by atoms with E-state index in [0.29, 0.717) is 13.1 Å². The van der Waals surface area contributed by atoms with E-state index in [4.69, 9.17) is 24.4 Å². The molecule has 1 saturated heterocycles. The minimum absolute atomic E-state index is 0.211. The largest absolute Gasteiger partial charge is 0.419 e. The lowest BCUT2D eigenvalue weighted by Gasteiger charge is -2.29. The Hall–Kier alpha value is -1.41. The quantitative estimate of drug-likeness (QED) is 0.408. The number of nitrogens with zero attached hydrogens (tertiary/aromatic N) is 1. The highest BCUT2D eigenvalue weighted by Gasteiger charge is 2.12. The van der Waals surface area contributed by atoms with Crippen LogP contribution in [0.2, 0.25) is 0 Å². The van der Waals surface area contributed by atoms with E-state index in [-0.39, 0.29) is 5.11 Å². The third-order valence-electron chi connectivity index (χ3n) is 2.74. The van der Waals surface area contributed by atoms with Crippen molar-refractivity contribution in [3.05, 3.63) is 12.8 Å². The molecule has 1 amide bonds. The number of hydrogen-bond donors (Lipinski definition) is 3. The van der Waals surface area contributed by atoms with Crippen molar-refractivity contribution < 1.29 is 9.53 Å². The van der Waals surface area contributed by atoms with Gasteiger partial charge in [0, 0.05) is 26.2 Å². The summed E-state index contributed by atoms with van der Waals surface area (Å²) in [5, 5.41) is 9.37. The number of carbonyl (C=O) groups excluding carboxylic acids is 1. The van der Waals surface area contributed by atoms with E-state index >= 15 is 0 Å². The van der Waals surface area contributed by atoms with E-state index in [1.165, 1.54) is 19.3 Å². The number of hydrogen-bond acceptors (Lipinski definition) is 4. The van der Waals surface area contributed by atoms with Crippen molar-refractivity contribution in [1.82, 2.24) is 20.9 Å². The molecule has 3 N–H and O–H groups in total. The molecule has 112 valence electrons. The molecule has 6 nitrogen and oxygen atoms in total. The van der Waals surface area contributed by atoms with Crippen molar-refractivity contribution in [3.8, 4) is 0 Å². The molecule has 0 aromatic heterocycles. The van der Waals surface area contributed by atoms with E-state index in [1.54, 1.807) is 0 Å². The molecule has 1 aliphatic rings. The number of alkyl carbamates (subject to hydrolysis) is 1. The Morgan fingerprint density at radius 2 is 1.85 bits per heavy atom. The first-order valence-corrected chi connectivity index (χ1v) is 7.34. The molecule has 0 aliphatic carbocycles. The SMILES string of the molecule is C=COC(=O)NC(=S)NCCNC(=S)N1CCCCC1. The molecule has 0 aromatic rings. The monoisotopic (exact) mass is 316 g/mol. The van der Waals surface area contributed by atoms with Crippen LogP contribution in [0.5, 0.6) is 0 Å². The Morgan fingerprint density at radius 1 is 1.20 bits per heavy atom. The summed E-state index contributed by atoms with van der Waals surface area (Å²) >= 11 is 10.2. The molecule has 0 saturated carbocycles. The molecule has 8 heteroatoms. The van der Waals surface area contributed by atoms with Gasteiger partial charge >= 0.3 is 6.09 Å². The second-order valence-corrected chi connectivity index (χ2v) is 5.03. The van der Waals surface area contributed by atoms with Crippen molar-refractivity contribution in [2.24, 2.45) is 0 Å². The topological polar surface area (TPSA) is 65.6 Å². The second kappa shape index (κ2) is 9.49. The smallest absolute Gasteiger partial charge is 0.418 e. The van der Waals surface area contributed by atoms with Crippen molar-refractivity contribution in [3.63, 3.8) is 0 Å². The van der Waals surface area contributed by atoms with Crippen LogP contribution in [0.3, 0.4) is 0 Å². The number of nitrogens with one attached hydrogen (secondary N) is 3. The average Bonchev–Trinajstić information content (AvgIpc) is 2.44. The number of likely N-dealkylation sites (tertiary alicyclic amines) is 1. The molecule has 20 heavy (non-hydrogen) atoms. The standard InChI is InChI=1S/C12H20N4O2S2/c1-2-18-12(17)15-10(19)13-6-7-14-11(20)16-8-4-3-5-9-16/h2H,1,3-9H2,(H,14,20)(H2,13,15,17,19). The minimum Gasteiger partial charge on any atom is -0.419 e. The van der Waals surface area contributed by atoms with Gasteiger partial charge in [-0.05, 0) is 43.7 Å². The number of piperidine rings is 1. The molecule has 0 spiro atoms. The van der Waals surface area contributed by atoms with Gasteiger partial charge in [0.1, 0.15) is 0 Å². The fourth-order valence-electron chi connectivity index (χ4n) is 1.80. The van der Waals surface area contributed by atoms with Crippen LogP contribution < -0.4 is 16.0 Å². The van der Waals surface area contributed by atoms with Gasteiger partial charge in [0.25, 0.3) is 0 Å². The van der Waals surface area contributed by atoms with Gasteiger partial charge in [-0.25, -0.2) is 4.79 Å². The summed E-state index contributed by atoms with van der Waals surface area (Å²) in [6, 6.07) is 0. The van der Waals surface area contributed by atoms with Gasteiger partial charge in [0.05, 0.1) is 6.26 Å². The molecular weight excluding hydrogens is 296 g/mol. The van der Waals surface area contributed by atoms with E-state index < -0.39 is 6.09 Å². The predicted octanol–water partition coefficient (Wildman–Crippen LogP) is 1.09. The molecular formula is C12H20N4O2S2.